The van der Waals surface area contributed by atoms with E-state index in [1.54, 1.807) is 0 Å². The molecule has 194 valence electrons. The molecule has 3 aromatic carbocycles. The van der Waals surface area contributed by atoms with Gasteiger partial charge in [-0.15, -0.1) is 0 Å². The van der Waals surface area contributed by atoms with Gasteiger partial charge in [-0.25, -0.2) is 0 Å². The van der Waals surface area contributed by atoms with E-state index in [4.69, 9.17) is 17.3 Å². The first-order valence-corrected chi connectivity index (χ1v) is 13.5. The Balaban J connectivity index is 1.47. The maximum atomic E-state index is 11.7. The Morgan fingerprint density at radius 1 is 1.00 bits per heavy atom. The Hall–Kier alpha value is -3.63. The van der Waals surface area contributed by atoms with Gasteiger partial charge in [0, 0.05) is 52.5 Å². The predicted octanol–water partition coefficient (Wildman–Crippen LogP) is 7.17. The van der Waals surface area contributed by atoms with Crippen LogP contribution in [-0.2, 0) is 15.6 Å². The normalized spacial score (nSPS) is 18.8. The number of allylic oxidation sites excluding steroid dienone is 6. The molecule has 0 bridgehead atoms. The molecule has 0 radical (unpaired) electrons. The zero-order chi connectivity index (χ0) is 27.2. The summed E-state index contributed by atoms with van der Waals surface area (Å²) in [6, 6.07) is 18.9. The van der Waals surface area contributed by atoms with E-state index in [-0.39, 0.29) is 16.7 Å². The number of amides is 1. The van der Waals surface area contributed by atoms with Crippen molar-refractivity contribution in [3.63, 3.8) is 0 Å². The Morgan fingerprint density at radius 3 is 2.53 bits per heavy atom. The molecule has 5 rings (SSSR count). The van der Waals surface area contributed by atoms with Crippen LogP contribution >= 0.6 is 11.6 Å². The minimum Gasteiger partial charge on any atom is -0.370 e. The number of hydrogen-bond acceptors (Lipinski definition) is 2. The highest BCUT2D eigenvalue weighted by atomic mass is 35.5. The third-order valence-electron chi connectivity index (χ3n) is 8.06. The van der Waals surface area contributed by atoms with E-state index >= 15 is 0 Å². The zero-order valence-electron chi connectivity index (χ0n) is 22.8. The summed E-state index contributed by atoms with van der Waals surface area (Å²) in [4.78, 5) is 13.9. The van der Waals surface area contributed by atoms with Gasteiger partial charge in [0.15, 0.2) is 5.71 Å². The van der Waals surface area contributed by atoms with Gasteiger partial charge in [-0.2, -0.15) is 4.58 Å². The number of nitrogens with two attached hydrogens (primary N) is 1. The molecular formula is C33H35ClN3O+. The molecule has 3 aromatic rings. The van der Waals surface area contributed by atoms with E-state index < -0.39 is 0 Å². The summed E-state index contributed by atoms with van der Waals surface area (Å²) < 4.78 is 2.24. The van der Waals surface area contributed by atoms with Crippen LogP contribution in [0.5, 0.6) is 0 Å². The molecule has 0 atom stereocenters. The molecule has 2 aliphatic heterocycles. The zero-order valence-corrected chi connectivity index (χ0v) is 23.5. The van der Waals surface area contributed by atoms with Crippen molar-refractivity contribution < 1.29 is 9.37 Å². The molecule has 0 saturated heterocycles. The van der Waals surface area contributed by atoms with Crippen LogP contribution in [0.4, 0.5) is 11.4 Å². The van der Waals surface area contributed by atoms with Crippen LogP contribution in [0.25, 0.3) is 10.8 Å². The first-order chi connectivity index (χ1) is 18.0. The Morgan fingerprint density at radius 2 is 1.76 bits per heavy atom. The van der Waals surface area contributed by atoms with Crippen molar-refractivity contribution in [2.45, 2.75) is 44.9 Å². The number of carbonyl (C=O) groups excluding carboxylic acids is 1. The fourth-order valence-electron chi connectivity index (χ4n) is 6.16. The molecule has 0 saturated carbocycles. The van der Waals surface area contributed by atoms with Gasteiger partial charge in [0.1, 0.15) is 7.05 Å². The smallest absolute Gasteiger partial charge is 0.219 e. The van der Waals surface area contributed by atoms with Gasteiger partial charge in [0.2, 0.25) is 11.6 Å². The van der Waals surface area contributed by atoms with Gasteiger partial charge in [-0.05, 0) is 54.5 Å². The fraction of sp³-hybridized carbons (Fsp3) is 0.273. The summed E-state index contributed by atoms with van der Waals surface area (Å²) in [5, 5.41) is 3.22. The summed E-state index contributed by atoms with van der Waals surface area (Å²) in [6.45, 7) is 9.53. The van der Waals surface area contributed by atoms with E-state index in [1.165, 1.54) is 33.3 Å². The monoisotopic (exact) mass is 524 g/mol. The molecule has 38 heavy (non-hydrogen) atoms. The molecule has 2 N–H and O–H groups in total. The third kappa shape index (κ3) is 4.27. The van der Waals surface area contributed by atoms with Gasteiger partial charge in [0.05, 0.1) is 5.41 Å². The minimum absolute atomic E-state index is 0.139. The molecule has 4 nitrogen and oxygen atoms in total. The largest absolute Gasteiger partial charge is 0.370 e. The average Bonchev–Trinajstić information content (AvgIpc) is 3.20. The number of carbonyl (C=O) groups is 1. The molecule has 1 amide bonds. The number of nitrogens with zero attached hydrogens (tertiary/aromatic N) is 2. The van der Waals surface area contributed by atoms with E-state index in [2.05, 4.69) is 123 Å². The van der Waals surface area contributed by atoms with Crippen LogP contribution < -0.4 is 10.6 Å². The van der Waals surface area contributed by atoms with Crippen molar-refractivity contribution in [3.05, 3.63) is 107 Å². The number of primary amides is 1. The highest BCUT2D eigenvalue weighted by molar-refractivity contribution is 6.30. The van der Waals surface area contributed by atoms with Gasteiger partial charge < -0.3 is 10.6 Å². The van der Waals surface area contributed by atoms with Crippen LogP contribution in [0.15, 0.2) is 90.7 Å². The lowest BCUT2D eigenvalue weighted by Gasteiger charge is -2.26. The Bertz CT molecular complexity index is 1570. The Labute approximate surface area is 230 Å². The Kier molecular flexibility index (Phi) is 6.56. The molecule has 0 fully saturated rings. The van der Waals surface area contributed by atoms with Gasteiger partial charge >= 0.3 is 0 Å². The molecule has 2 aliphatic rings. The summed E-state index contributed by atoms with van der Waals surface area (Å²) in [5.74, 6) is -0.294. The van der Waals surface area contributed by atoms with Crippen LogP contribution in [0.3, 0.4) is 0 Å². The van der Waals surface area contributed by atoms with E-state index in [1.807, 2.05) is 6.07 Å². The number of anilines is 1. The van der Waals surface area contributed by atoms with Crippen molar-refractivity contribution in [2.24, 2.45) is 5.73 Å². The summed E-state index contributed by atoms with van der Waals surface area (Å²) in [6.07, 6.45) is 10.9. The molecule has 2 heterocycles. The van der Waals surface area contributed by atoms with Gasteiger partial charge in [0.25, 0.3) is 0 Å². The molecule has 5 heteroatoms. The number of halogens is 1. The predicted molar refractivity (Wildman–Crippen MR) is 160 cm³/mol. The standard InChI is InChI=1S/C33H34ClN3O/c1-32(2)25-21-23(34)16-18-26(25)36(5)28(32)13-7-6-8-14-29-33(3,4)31-24-12-10-9-11-22(24)15-17-27(31)37(29)20-19-30(35)38/h6-18,21H,19-20H2,1-5H3,(H-,35,38)/p+1. The molecule has 0 unspecified atom stereocenters. The number of benzene rings is 3. The van der Waals surface area contributed by atoms with Gasteiger partial charge in [-0.1, -0.05) is 74.0 Å². The molecule has 0 spiro atoms. The molecule has 0 aliphatic carbocycles. The lowest BCUT2D eigenvalue weighted by atomic mass is 9.81. The van der Waals surface area contributed by atoms with E-state index in [9.17, 15) is 4.79 Å². The summed E-state index contributed by atoms with van der Waals surface area (Å²) in [5.41, 5.74) is 12.4. The van der Waals surface area contributed by atoms with Crippen molar-refractivity contribution >= 4 is 45.4 Å². The first-order valence-electron chi connectivity index (χ1n) is 13.1. The SMILES string of the molecule is C[N+]1=C(C=CC=CC=C2N(CCC(N)=O)c3ccc4ccccc4c3C2(C)C)C(C)(C)c2cc(Cl)ccc21. The highest BCUT2D eigenvalue weighted by Gasteiger charge is 2.43. The topological polar surface area (TPSA) is 49.3 Å². The average molecular weight is 525 g/mol. The molecular weight excluding hydrogens is 490 g/mol. The van der Waals surface area contributed by atoms with Crippen molar-refractivity contribution in [2.75, 3.05) is 18.5 Å². The molecule has 0 aromatic heterocycles. The maximum Gasteiger partial charge on any atom is 0.219 e. The van der Waals surface area contributed by atoms with Crippen molar-refractivity contribution in [1.29, 1.82) is 0 Å². The fourth-order valence-corrected chi connectivity index (χ4v) is 6.34. The summed E-state index contributed by atoms with van der Waals surface area (Å²) >= 11 is 6.30. The number of fused-ring (bicyclic) bond motifs is 4. The third-order valence-corrected chi connectivity index (χ3v) is 8.30. The summed E-state index contributed by atoms with van der Waals surface area (Å²) in [7, 11) is 2.10. The second kappa shape index (κ2) is 9.59. The maximum absolute atomic E-state index is 11.7. The number of hydrogen-bond donors (Lipinski definition) is 1. The van der Waals surface area contributed by atoms with Crippen LogP contribution in [0.2, 0.25) is 5.02 Å². The van der Waals surface area contributed by atoms with Crippen LogP contribution in [-0.4, -0.2) is 29.8 Å². The van der Waals surface area contributed by atoms with Crippen molar-refractivity contribution in [3.8, 4) is 0 Å². The van der Waals surface area contributed by atoms with Gasteiger partial charge in [-0.3, -0.25) is 4.79 Å². The first kappa shape index (κ1) is 26.0. The lowest BCUT2D eigenvalue weighted by Crippen LogP contribution is -2.29. The minimum atomic E-state index is -0.294. The van der Waals surface area contributed by atoms with E-state index in [0.717, 1.165) is 16.4 Å². The van der Waals surface area contributed by atoms with E-state index in [0.29, 0.717) is 13.0 Å². The quantitative estimate of drug-likeness (QED) is 0.274. The van der Waals surface area contributed by atoms with Crippen LogP contribution in [0.1, 0.15) is 45.2 Å². The number of rotatable bonds is 6. The second-order valence-electron chi connectivity index (χ2n) is 11.2. The van der Waals surface area contributed by atoms with Crippen LogP contribution in [0, 0.1) is 0 Å². The highest BCUT2D eigenvalue weighted by Crippen LogP contribution is 2.50. The second-order valence-corrected chi connectivity index (χ2v) is 11.6. The van der Waals surface area contributed by atoms with Crippen molar-refractivity contribution in [1.82, 2.24) is 0 Å². The lowest BCUT2D eigenvalue weighted by molar-refractivity contribution is -0.401.